The van der Waals surface area contributed by atoms with E-state index < -0.39 is 22.0 Å². The molecule has 1 aromatic heterocycles. The van der Waals surface area contributed by atoms with E-state index in [1.807, 2.05) is 24.3 Å². The van der Waals surface area contributed by atoms with E-state index in [0.717, 1.165) is 10.2 Å². The molecule has 0 unspecified atom stereocenters. The Morgan fingerprint density at radius 3 is 2.56 bits per heavy atom. The highest BCUT2D eigenvalue weighted by Crippen LogP contribution is 2.26. The molecule has 1 amide bonds. The molecule has 9 heteroatoms. The molecule has 6 nitrogen and oxygen atoms in total. The first-order valence-corrected chi connectivity index (χ1v) is 10.9. The van der Waals surface area contributed by atoms with Crippen LogP contribution in [0.1, 0.15) is 13.8 Å². The number of para-hydroxylation sites is 1. The molecule has 0 saturated carbocycles. The monoisotopic (exact) mass is 423 g/mol. The van der Waals surface area contributed by atoms with Gasteiger partial charge in [-0.05, 0) is 36.2 Å². The molecule has 3 aromatic rings. The Bertz CT molecular complexity index is 1050. The van der Waals surface area contributed by atoms with Crippen molar-refractivity contribution < 1.29 is 13.2 Å². The van der Waals surface area contributed by atoms with Gasteiger partial charge < -0.3 is 5.32 Å². The van der Waals surface area contributed by atoms with Crippen LogP contribution in [0.4, 0.5) is 5.13 Å². The molecule has 1 atom stereocenters. The van der Waals surface area contributed by atoms with Gasteiger partial charge in [0.15, 0.2) is 5.13 Å². The first-order chi connectivity index (χ1) is 12.8. The minimum atomic E-state index is -3.90. The summed E-state index contributed by atoms with van der Waals surface area (Å²) in [7, 11) is -3.90. The number of nitrogens with one attached hydrogen (secondary N) is 2. The molecule has 0 aliphatic heterocycles. The molecule has 0 spiro atoms. The summed E-state index contributed by atoms with van der Waals surface area (Å²) in [6.45, 7) is 3.53. The fourth-order valence-electron chi connectivity index (χ4n) is 2.47. The molecule has 0 aliphatic carbocycles. The van der Waals surface area contributed by atoms with E-state index in [0.29, 0.717) is 10.2 Å². The summed E-state index contributed by atoms with van der Waals surface area (Å²) >= 11 is 7.21. The molecule has 0 radical (unpaired) electrons. The normalized spacial score (nSPS) is 13.0. The van der Waals surface area contributed by atoms with Crippen LogP contribution in [0.25, 0.3) is 10.2 Å². The molecule has 0 bridgehead atoms. The second kappa shape index (κ2) is 7.93. The third kappa shape index (κ3) is 4.65. The number of halogens is 1. The summed E-state index contributed by atoms with van der Waals surface area (Å²) in [4.78, 5) is 17.1. The van der Waals surface area contributed by atoms with Crippen LogP contribution >= 0.6 is 22.9 Å². The second-order valence-electron chi connectivity index (χ2n) is 6.28. The number of benzene rings is 2. The van der Waals surface area contributed by atoms with Gasteiger partial charge in [0.25, 0.3) is 0 Å². The van der Waals surface area contributed by atoms with Crippen LogP contribution in [0, 0.1) is 5.92 Å². The zero-order valence-electron chi connectivity index (χ0n) is 14.6. The van der Waals surface area contributed by atoms with Gasteiger partial charge in [0, 0.05) is 5.02 Å². The number of fused-ring (bicyclic) bond motifs is 1. The number of thiazole rings is 1. The maximum atomic E-state index is 12.7. The minimum Gasteiger partial charge on any atom is -0.301 e. The highest BCUT2D eigenvalue weighted by atomic mass is 35.5. The van der Waals surface area contributed by atoms with Crippen LogP contribution in [-0.2, 0) is 14.8 Å². The summed E-state index contributed by atoms with van der Waals surface area (Å²) in [5.41, 5.74) is 0.776. The lowest BCUT2D eigenvalue weighted by Crippen LogP contribution is -2.47. The fourth-order valence-corrected chi connectivity index (χ4v) is 4.98. The van der Waals surface area contributed by atoms with Crippen molar-refractivity contribution in [1.29, 1.82) is 0 Å². The van der Waals surface area contributed by atoms with E-state index in [9.17, 15) is 13.2 Å². The Kier molecular flexibility index (Phi) is 5.81. The molecule has 1 heterocycles. The molecule has 3 rings (SSSR count). The molecular formula is C18H18ClN3O3S2. The zero-order chi connectivity index (χ0) is 19.6. The number of anilines is 1. The number of rotatable bonds is 6. The first kappa shape index (κ1) is 19.8. The van der Waals surface area contributed by atoms with Gasteiger partial charge in [-0.25, -0.2) is 13.4 Å². The van der Waals surface area contributed by atoms with Crippen LogP contribution in [-0.4, -0.2) is 25.4 Å². The predicted molar refractivity (Wildman–Crippen MR) is 109 cm³/mol. The van der Waals surface area contributed by atoms with Crippen molar-refractivity contribution in [1.82, 2.24) is 9.71 Å². The lowest BCUT2D eigenvalue weighted by atomic mass is 10.1. The molecule has 2 N–H and O–H groups in total. The second-order valence-corrected chi connectivity index (χ2v) is 9.46. The summed E-state index contributed by atoms with van der Waals surface area (Å²) in [6.07, 6.45) is 0. The zero-order valence-corrected chi connectivity index (χ0v) is 17.0. The lowest BCUT2D eigenvalue weighted by Gasteiger charge is -2.21. The highest BCUT2D eigenvalue weighted by Gasteiger charge is 2.29. The SMILES string of the molecule is CC(C)[C@@H](NS(=O)(=O)c1cccc(Cl)c1)C(=O)Nc1nc2ccccc2s1. The van der Waals surface area contributed by atoms with Gasteiger partial charge in [0.1, 0.15) is 6.04 Å². The molecule has 0 aliphatic rings. The van der Waals surface area contributed by atoms with E-state index in [-0.39, 0.29) is 10.8 Å². The van der Waals surface area contributed by atoms with Gasteiger partial charge >= 0.3 is 0 Å². The maximum Gasteiger partial charge on any atom is 0.244 e. The number of carbonyl (C=O) groups excluding carboxylic acids is 1. The van der Waals surface area contributed by atoms with Gasteiger partial charge in [0.05, 0.1) is 15.1 Å². The van der Waals surface area contributed by atoms with Crippen LogP contribution < -0.4 is 10.0 Å². The molecule has 27 heavy (non-hydrogen) atoms. The van der Waals surface area contributed by atoms with E-state index in [2.05, 4.69) is 15.0 Å². The maximum absolute atomic E-state index is 12.7. The Balaban J connectivity index is 1.81. The van der Waals surface area contributed by atoms with Crippen molar-refractivity contribution in [3.63, 3.8) is 0 Å². The van der Waals surface area contributed by atoms with Crippen molar-refractivity contribution in [3.05, 3.63) is 53.6 Å². The minimum absolute atomic E-state index is 0.00781. The quantitative estimate of drug-likeness (QED) is 0.629. The first-order valence-electron chi connectivity index (χ1n) is 8.20. The standard InChI is InChI=1S/C18H18ClN3O3S2/c1-11(2)16(22-27(24,25)13-7-5-6-12(19)10-13)17(23)21-18-20-14-8-3-4-9-15(14)26-18/h3-11,16,22H,1-2H3,(H,20,21,23)/t16-/m1/s1. The van der Waals surface area contributed by atoms with Crippen molar-refractivity contribution >= 4 is 54.2 Å². The predicted octanol–water partition coefficient (Wildman–Crippen LogP) is 3.89. The topological polar surface area (TPSA) is 88.2 Å². The van der Waals surface area contributed by atoms with E-state index >= 15 is 0 Å². The molecule has 2 aromatic carbocycles. The number of hydrogen-bond donors (Lipinski definition) is 2. The van der Waals surface area contributed by atoms with Crippen molar-refractivity contribution in [2.45, 2.75) is 24.8 Å². The van der Waals surface area contributed by atoms with Gasteiger partial charge in [-0.15, -0.1) is 0 Å². The van der Waals surface area contributed by atoms with E-state index in [1.165, 1.54) is 23.5 Å². The van der Waals surface area contributed by atoms with Gasteiger partial charge in [-0.3, -0.25) is 4.79 Å². The average Bonchev–Trinajstić information content (AvgIpc) is 3.01. The van der Waals surface area contributed by atoms with Gasteiger partial charge in [-0.2, -0.15) is 4.72 Å². The van der Waals surface area contributed by atoms with E-state index in [4.69, 9.17) is 11.6 Å². The summed E-state index contributed by atoms with van der Waals surface area (Å²) in [5.74, 6) is -0.733. The van der Waals surface area contributed by atoms with Crippen molar-refractivity contribution in [2.24, 2.45) is 5.92 Å². The van der Waals surface area contributed by atoms with Crippen LogP contribution in [0.5, 0.6) is 0 Å². The Morgan fingerprint density at radius 2 is 1.89 bits per heavy atom. The fraction of sp³-hybridized carbons (Fsp3) is 0.222. The number of nitrogens with zero attached hydrogens (tertiary/aromatic N) is 1. The molecule has 0 saturated heterocycles. The van der Waals surface area contributed by atoms with Gasteiger partial charge in [-0.1, -0.05) is 55.0 Å². The molecule has 0 fully saturated rings. The average molecular weight is 424 g/mol. The summed E-state index contributed by atoms with van der Waals surface area (Å²) < 4.78 is 28.7. The molecule has 142 valence electrons. The third-order valence-electron chi connectivity index (χ3n) is 3.86. The number of sulfonamides is 1. The number of carbonyl (C=O) groups is 1. The van der Waals surface area contributed by atoms with Crippen molar-refractivity contribution in [3.8, 4) is 0 Å². The Hall–Kier alpha value is -2.00. The van der Waals surface area contributed by atoms with Crippen LogP contribution in [0.2, 0.25) is 5.02 Å². The third-order valence-corrected chi connectivity index (χ3v) is 6.49. The van der Waals surface area contributed by atoms with Crippen LogP contribution in [0.3, 0.4) is 0 Å². The largest absolute Gasteiger partial charge is 0.301 e. The number of hydrogen-bond acceptors (Lipinski definition) is 5. The lowest BCUT2D eigenvalue weighted by molar-refractivity contribution is -0.118. The Labute approximate surface area is 166 Å². The van der Waals surface area contributed by atoms with Crippen molar-refractivity contribution in [2.75, 3.05) is 5.32 Å². The number of amides is 1. The summed E-state index contributed by atoms with van der Waals surface area (Å²) in [5, 5.41) is 3.44. The van der Waals surface area contributed by atoms with Crippen LogP contribution in [0.15, 0.2) is 53.4 Å². The highest BCUT2D eigenvalue weighted by molar-refractivity contribution is 7.89. The van der Waals surface area contributed by atoms with E-state index in [1.54, 1.807) is 26.0 Å². The Morgan fingerprint density at radius 1 is 1.15 bits per heavy atom. The van der Waals surface area contributed by atoms with Gasteiger partial charge in [0.2, 0.25) is 15.9 Å². The number of aromatic nitrogens is 1. The smallest absolute Gasteiger partial charge is 0.244 e. The molecular weight excluding hydrogens is 406 g/mol. The summed E-state index contributed by atoms with van der Waals surface area (Å²) in [6, 6.07) is 12.5.